The van der Waals surface area contributed by atoms with E-state index in [-0.39, 0.29) is 5.97 Å². The molecule has 1 saturated carbocycles. The first-order valence-corrected chi connectivity index (χ1v) is 8.67. The molecule has 1 unspecified atom stereocenters. The molecule has 2 fully saturated rings. The van der Waals surface area contributed by atoms with Gasteiger partial charge in [-0.1, -0.05) is 19.3 Å². The lowest BCUT2D eigenvalue weighted by atomic mass is 9.86. The quantitative estimate of drug-likeness (QED) is 0.810. The summed E-state index contributed by atoms with van der Waals surface area (Å²) >= 11 is 0. The fraction of sp³-hybridized carbons (Fsp3) is 0.941. The Morgan fingerprint density at radius 1 is 1.14 bits per heavy atom. The number of ether oxygens (including phenoxy) is 1. The first-order chi connectivity index (χ1) is 10.1. The van der Waals surface area contributed by atoms with E-state index >= 15 is 0 Å². The fourth-order valence-electron chi connectivity index (χ4n) is 3.91. The number of likely N-dealkylation sites (tertiary alicyclic amines) is 1. The summed E-state index contributed by atoms with van der Waals surface area (Å²) in [5.41, 5.74) is -0.458. The van der Waals surface area contributed by atoms with Crippen LogP contribution in [0.15, 0.2) is 0 Å². The molecule has 1 aliphatic heterocycles. The summed E-state index contributed by atoms with van der Waals surface area (Å²) in [4.78, 5) is 15.0. The first-order valence-electron chi connectivity index (χ1n) is 8.67. The highest BCUT2D eigenvalue weighted by Crippen LogP contribution is 2.28. The van der Waals surface area contributed by atoms with E-state index in [0.717, 1.165) is 32.4 Å². The van der Waals surface area contributed by atoms with Crippen LogP contribution in [0.1, 0.15) is 65.2 Å². The lowest BCUT2D eigenvalue weighted by Crippen LogP contribution is -2.57. The van der Waals surface area contributed by atoms with Crippen LogP contribution in [0.4, 0.5) is 0 Å². The Hall–Kier alpha value is -0.610. The van der Waals surface area contributed by atoms with Gasteiger partial charge in [-0.2, -0.15) is 0 Å². The van der Waals surface area contributed by atoms with Gasteiger partial charge in [0.15, 0.2) is 0 Å². The average Bonchev–Trinajstić information content (AvgIpc) is 2.71. The van der Waals surface area contributed by atoms with Crippen molar-refractivity contribution in [3.63, 3.8) is 0 Å². The smallest absolute Gasteiger partial charge is 0.326 e. The summed E-state index contributed by atoms with van der Waals surface area (Å²) in [5, 5.41) is 3.72. The van der Waals surface area contributed by atoms with E-state index in [1.807, 2.05) is 0 Å². The summed E-state index contributed by atoms with van der Waals surface area (Å²) in [6, 6.07) is 1.04. The predicted octanol–water partition coefficient (Wildman–Crippen LogP) is 2.71. The maximum absolute atomic E-state index is 12.5. The van der Waals surface area contributed by atoms with E-state index in [1.54, 1.807) is 0 Å². The zero-order chi connectivity index (χ0) is 15.3. The maximum atomic E-state index is 12.5. The van der Waals surface area contributed by atoms with Crippen molar-refractivity contribution in [2.75, 3.05) is 20.2 Å². The summed E-state index contributed by atoms with van der Waals surface area (Å²) < 4.78 is 5.17. The Kier molecular flexibility index (Phi) is 6.06. The van der Waals surface area contributed by atoms with Crippen LogP contribution in [0.5, 0.6) is 0 Å². The number of rotatable bonds is 4. The van der Waals surface area contributed by atoms with E-state index in [2.05, 4.69) is 24.1 Å². The van der Waals surface area contributed by atoms with Crippen LogP contribution in [-0.4, -0.2) is 48.7 Å². The van der Waals surface area contributed by atoms with Gasteiger partial charge in [0.1, 0.15) is 5.54 Å². The van der Waals surface area contributed by atoms with Gasteiger partial charge >= 0.3 is 5.97 Å². The molecule has 0 aromatic heterocycles. The summed E-state index contributed by atoms with van der Waals surface area (Å²) in [6.45, 7) is 6.54. The van der Waals surface area contributed by atoms with Crippen LogP contribution < -0.4 is 5.32 Å². The molecule has 0 spiro atoms. The Morgan fingerprint density at radius 3 is 2.48 bits per heavy atom. The second kappa shape index (κ2) is 7.59. The molecule has 1 saturated heterocycles. The molecule has 21 heavy (non-hydrogen) atoms. The molecule has 2 aliphatic rings. The molecular weight excluding hydrogens is 264 g/mol. The number of nitrogens with zero attached hydrogens (tertiary/aromatic N) is 1. The van der Waals surface area contributed by atoms with Crippen LogP contribution >= 0.6 is 0 Å². The van der Waals surface area contributed by atoms with Crippen LogP contribution in [0.2, 0.25) is 0 Å². The lowest BCUT2D eigenvalue weighted by Gasteiger charge is -2.37. The highest BCUT2D eigenvalue weighted by Gasteiger charge is 2.42. The van der Waals surface area contributed by atoms with Crippen molar-refractivity contribution in [3.05, 3.63) is 0 Å². The van der Waals surface area contributed by atoms with E-state index in [1.165, 1.54) is 39.2 Å². The molecule has 122 valence electrons. The van der Waals surface area contributed by atoms with Gasteiger partial charge in [-0.05, 0) is 52.5 Å². The van der Waals surface area contributed by atoms with Gasteiger partial charge in [-0.25, -0.2) is 0 Å². The van der Waals surface area contributed by atoms with Crippen molar-refractivity contribution in [2.45, 2.75) is 82.8 Å². The summed E-state index contributed by atoms with van der Waals surface area (Å²) in [5.74, 6) is -0.0568. The third-order valence-electron chi connectivity index (χ3n) is 5.27. The van der Waals surface area contributed by atoms with Gasteiger partial charge < -0.3 is 9.64 Å². The monoisotopic (exact) mass is 296 g/mol. The van der Waals surface area contributed by atoms with Gasteiger partial charge in [0.25, 0.3) is 0 Å². The van der Waals surface area contributed by atoms with Crippen molar-refractivity contribution < 1.29 is 9.53 Å². The number of hydrogen-bond donors (Lipinski definition) is 1. The molecule has 4 heteroatoms. The van der Waals surface area contributed by atoms with Crippen molar-refractivity contribution in [2.24, 2.45) is 0 Å². The highest BCUT2D eigenvalue weighted by molar-refractivity contribution is 5.80. The van der Waals surface area contributed by atoms with Crippen LogP contribution in [0.25, 0.3) is 0 Å². The molecular formula is C17H32N2O2. The van der Waals surface area contributed by atoms with Crippen molar-refractivity contribution in [1.29, 1.82) is 0 Å². The second-order valence-electron chi connectivity index (χ2n) is 7.04. The number of carbonyl (C=O) groups excluding carboxylic acids is 1. The Bertz CT molecular complexity index is 340. The Morgan fingerprint density at radius 2 is 1.86 bits per heavy atom. The number of esters is 1. The van der Waals surface area contributed by atoms with Gasteiger partial charge in [0, 0.05) is 18.6 Å². The number of carbonyl (C=O) groups is 1. The molecule has 0 radical (unpaired) electrons. The minimum Gasteiger partial charge on any atom is -0.468 e. The molecule has 2 rings (SSSR count). The first kappa shape index (κ1) is 16.8. The second-order valence-corrected chi connectivity index (χ2v) is 7.04. The van der Waals surface area contributed by atoms with E-state index in [9.17, 15) is 4.79 Å². The molecule has 0 amide bonds. The molecule has 1 N–H and O–H groups in total. The van der Waals surface area contributed by atoms with Crippen molar-refractivity contribution in [3.8, 4) is 0 Å². The summed E-state index contributed by atoms with van der Waals surface area (Å²) in [7, 11) is 1.53. The lowest BCUT2D eigenvalue weighted by molar-refractivity contribution is -0.149. The summed E-state index contributed by atoms with van der Waals surface area (Å²) in [6.07, 6.45) is 9.14. The number of nitrogens with one attached hydrogen (secondary N) is 1. The zero-order valence-corrected chi connectivity index (χ0v) is 14.0. The Labute approximate surface area is 129 Å². The van der Waals surface area contributed by atoms with E-state index in [0.29, 0.717) is 12.1 Å². The van der Waals surface area contributed by atoms with Gasteiger partial charge in [-0.15, -0.1) is 0 Å². The molecule has 4 nitrogen and oxygen atoms in total. The topological polar surface area (TPSA) is 41.6 Å². The molecule has 0 bridgehead atoms. The van der Waals surface area contributed by atoms with E-state index < -0.39 is 5.54 Å². The normalized spacial score (nSPS) is 29.3. The number of hydrogen-bond acceptors (Lipinski definition) is 4. The van der Waals surface area contributed by atoms with Crippen molar-refractivity contribution in [1.82, 2.24) is 10.2 Å². The van der Waals surface area contributed by atoms with Crippen molar-refractivity contribution >= 4 is 5.97 Å². The SMILES string of the molecule is COC(=O)C1(NC2CCCCC2)CCCN(C(C)C)CC1. The molecule has 1 aliphatic carbocycles. The molecule has 1 atom stereocenters. The predicted molar refractivity (Wildman–Crippen MR) is 85.3 cm³/mol. The van der Waals surface area contributed by atoms with Crippen LogP contribution in [-0.2, 0) is 9.53 Å². The minimum absolute atomic E-state index is 0.0568. The zero-order valence-electron chi connectivity index (χ0n) is 14.0. The van der Waals surface area contributed by atoms with Crippen LogP contribution in [0, 0.1) is 0 Å². The molecule has 0 aromatic carbocycles. The van der Waals surface area contributed by atoms with Gasteiger partial charge in [0.2, 0.25) is 0 Å². The van der Waals surface area contributed by atoms with Crippen LogP contribution in [0.3, 0.4) is 0 Å². The third kappa shape index (κ3) is 4.19. The van der Waals surface area contributed by atoms with Gasteiger partial charge in [0.05, 0.1) is 7.11 Å². The number of methoxy groups -OCH3 is 1. The fourth-order valence-corrected chi connectivity index (χ4v) is 3.91. The third-order valence-corrected chi connectivity index (χ3v) is 5.27. The largest absolute Gasteiger partial charge is 0.468 e. The highest BCUT2D eigenvalue weighted by atomic mass is 16.5. The van der Waals surface area contributed by atoms with Gasteiger partial charge in [-0.3, -0.25) is 10.1 Å². The minimum atomic E-state index is -0.458. The Balaban J connectivity index is 2.07. The maximum Gasteiger partial charge on any atom is 0.326 e. The van der Waals surface area contributed by atoms with E-state index in [4.69, 9.17) is 4.74 Å². The standard InChI is InChI=1S/C17H32N2O2/c1-14(2)19-12-7-10-17(11-13-19,16(20)21-3)18-15-8-5-4-6-9-15/h14-15,18H,4-13H2,1-3H3. The molecule has 1 heterocycles. The average molecular weight is 296 g/mol. The molecule has 0 aromatic rings.